The molecule has 26 heavy (non-hydrogen) atoms. The van der Waals surface area contributed by atoms with Crippen molar-refractivity contribution < 1.29 is 13.2 Å². The highest BCUT2D eigenvalue weighted by atomic mass is 32.2. The second-order valence-electron chi connectivity index (χ2n) is 6.64. The number of allylic oxidation sites excluding steroid dienone is 1. The number of sulfonamides is 1. The zero-order valence-corrected chi connectivity index (χ0v) is 16.6. The first kappa shape index (κ1) is 19.0. The number of carbonyl (C=O) groups is 1. The smallest absolute Gasteiger partial charge is 0.251 e. The molecule has 0 radical (unpaired) electrons. The molecular formula is C18H23N3O3S2. The number of benzene rings is 1. The number of amides is 1. The highest BCUT2D eigenvalue weighted by Crippen LogP contribution is 2.22. The molecule has 0 aliphatic carbocycles. The molecule has 1 saturated heterocycles. The summed E-state index contributed by atoms with van der Waals surface area (Å²) in [6.07, 6.45) is 4.03. The van der Waals surface area contributed by atoms with Crippen LogP contribution in [0.2, 0.25) is 0 Å². The lowest BCUT2D eigenvalue weighted by Gasteiger charge is -2.28. The largest absolute Gasteiger partial charge is 0.313 e. The molecule has 0 atom stereocenters. The Morgan fingerprint density at radius 1 is 1.38 bits per heavy atom. The molecule has 1 aliphatic heterocycles. The van der Waals surface area contributed by atoms with Crippen LogP contribution in [0, 0.1) is 12.8 Å². The maximum absolute atomic E-state index is 12.7. The van der Waals surface area contributed by atoms with Gasteiger partial charge in [0, 0.05) is 25.6 Å². The van der Waals surface area contributed by atoms with Gasteiger partial charge in [-0.05, 0) is 37.5 Å². The summed E-state index contributed by atoms with van der Waals surface area (Å²) in [5.74, 6) is -0.392. The van der Waals surface area contributed by atoms with E-state index in [0.29, 0.717) is 37.3 Å². The van der Waals surface area contributed by atoms with Crippen molar-refractivity contribution in [3.05, 3.63) is 41.2 Å². The summed E-state index contributed by atoms with van der Waals surface area (Å²) in [6, 6.07) is 6.17. The Morgan fingerprint density at radius 2 is 2.08 bits per heavy atom. The summed E-state index contributed by atoms with van der Waals surface area (Å²) < 4.78 is 27.7. The molecule has 140 valence electrons. The molecule has 0 bridgehead atoms. The second-order valence-corrected chi connectivity index (χ2v) is 9.63. The first-order valence-corrected chi connectivity index (χ1v) is 11.2. The van der Waals surface area contributed by atoms with Gasteiger partial charge in [-0.25, -0.2) is 12.7 Å². The number of nitrogens with zero attached hydrogens (tertiary/aromatic N) is 3. The standard InChI is InChI=1S/C18H23N3O3S2/c1-4-9-21-15-6-5-13(2)12-16(15)25-18(21)19-17(22)14-7-10-20(11-8-14)26(3,23)24/h4-6,12,14H,1,7-11H2,2-3H3. The van der Waals surface area contributed by atoms with Crippen LogP contribution in [0.15, 0.2) is 35.8 Å². The van der Waals surface area contributed by atoms with E-state index >= 15 is 0 Å². The number of hydrogen-bond donors (Lipinski definition) is 0. The van der Waals surface area contributed by atoms with Crippen molar-refractivity contribution in [2.24, 2.45) is 10.9 Å². The van der Waals surface area contributed by atoms with Crippen LogP contribution in [0.25, 0.3) is 10.2 Å². The maximum atomic E-state index is 12.7. The molecule has 1 aromatic carbocycles. The monoisotopic (exact) mass is 393 g/mol. The molecule has 2 aromatic rings. The van der Waals surface area contributed by atoms with Gasteiger partial charge in [0.2, 0.25) is 10.0 Å². The third-order valence-electron chi connectivity index (χ3n) is 4.63. The summed E-state index contributed by atoms with van der Waals surface area (Å²) in [7, 11) is -3.19. The lowest BCUT2D eigenvalue weighted by molar-refractivity contribution is -0.122. The first-order chi connectivity index (χ1) is 12.3. The van der Waals surface area contributed by atoms with Crippen molar-refractivity contribution in [1.82, 2.24) is 8.87 Å². The number of piperidine rings is 1. The molecule has 0 saturated carbocycles. The van der Waals surface area contributed by atoms with Crippen molar-refractivity contribution in [1.29, 1.82) is 0 Å². The fraction of sp³-hybridized carbons (Fsp3) is 0.444. The number of hydrogen-bond acceptors (Lipinski definition) is 4. The molecule has 1 fully saturated rings. The van der Waals surface area contributed by atoms with Gasteiger partial charge >= 0.3 is 0 Å². The quantitative estimate of drug-likeness (QED) is 0.748. The van der Waals surface area contributed by atoms with Crippen molar-refractivity contribution in [2.45, 2.75) is 26.3 Å². The van der Waals surface area contributed by atoms with E-state index in [4.69, 9.17) is 0 Å². The summed E-state index contributed by atoms with van der Waals surface area (Å²) in [5.41, 5.74) is 2.20. The zero-order chi connectivity index (χ0) is 18.9. The Morgan fingerprint density at radius 3 is 2.69 bits per heavy atom. The summed E-state index contributed by atoms with van der Waals surface area (Å²) in [6.45, 7) is 7.17. The average molecular weight is 394 g/mol. The van der Waals surface area contributed by atoms with Crippen LogP contribution >= 0.6 is 11.3 Å². The van der Waals surface area contributed by atoms with Gasteiger partial charge in [0.15, 0.2) is 4.80 Å². The lowest BCUT2D eigenvalue weighted by atomic mass is 9.98. The van der Waals surface area contributed by atoms with E-state index < -0.39 is 10.0 Å². The number of aryl methyl sites for hydroxylation is 1. The SMILES string of the molecule is C=CCn1c(=NC(=O)C2CCN(S(C)(=O)=O)CC2)sc2cc(C)ccc21. The topological polar surface area (TPSA) is 71.7 Å². The number of thiazole rings is 1. The number of rotatable bonds is 4. The molecule has 0 spiro atoms. The molecule has 6 nitrogen and oxygen atoms in total. The second kappa shape index (κ2) is 7.46. The Bertz CT molecular complexity index is 1010. The van der Waals surface area contributed by atoms with Crippen molar-refractivity contribution in [2.75, 3.05) is 19.3 Å². The van der Waals surface area contributed by atoms with Crippen molar-refractivity contribution in [3.8, 4) is 0 Å². The Kier molecular flexibility index (Phi) is 5.45. The summed E-state index contributed by atoms with van der Waals surface area (Å²) in [5, 5.41) is 0. The van der Waals surface area contributed by atoms with Crippen molar-refractivity contribution >= 4 is 37.5 Å². The normalized spacial score (nSPS) is 17.7. The van der Waals surface area contributed by atoms with E-state index in [-0.39, 0.29) is 11.8 Å². The predicted molar refractivity (Wildman–Crippen MR) is 104 cm³/mol. The number of fused-ring (bicyclic) bond motifs is 1. The van der Waals surface area contributed by atoms with Crippen LogP contribution in [0.3, 0.4) is 0 Å². The summed E-state index contributed by atoms with van der Waals surface area (Å²) in [4.78, 5) is 17.7. The van der Waals surface area contributed by atoms with E-state index in [0.717, 1.165) is 15.8 Å². The van der Waals surface area contributed by atoms with Crippen LogP contribution < -0.4 is 4.80 Å². The highest BCUT2D eigenvalue weighted by Gasteiger charge is 2.28. The Labute approximate surface area is 157 Å². The minimum atomic E-state index is -3.19. The molecule has 8 heteroatoms. The number of aromatic nitrogens is 1. The Balaban J connectivity index is 1.89. The molecule has 2 heterocycles. The van der Waals surface area contributed by atoms with Gasteiger partial charge in [0.1, 0.15) is 0 Å². The molecule has 0 N–H and O–H groups in total. The van der Waals surface area contributed by atoms with Gasteiger partial charge in [0.25, 0.3) is 5.91 Å². The van der Waals surface area contributed by atoms with Gasteiger partial charge in [-0.2, -0.15) is 4.99 Å². The van der Waals surface area contributed by atoms with Crippen LogP contribution in [0.4, 0.5) is 0 Å². The third kappa shape index (κ3) is 3.97. The van der Waals surface area contributed by atoms with E-state index in [1.54, 1.807) is 6.08 Å². The number of carbonyl (C=O) groups excluding carboxylic acids is 1. The zero-order valence-electron chi connectivity index (χ0n) is 15.0. The average Bonchev–Trinajstić information content (AvgIpc) is 2.91. The summed E-state index contributed by atoms with van der Waals surface area (Å²) >= 11 is 1.50. The van der Waals surface area contributed by atoms with Gasteiger partial charge < -0.3 is 4.57 Å². The van der Waals surface area contributed by atoms with Gasteiger partial charge in [-0.1, -0.05) is 23.5 Å². The van der Waals surface area contributed by atoms with E-state index in [1.165, 1.54) is 21.9 Å². The van der Waals surface area contributed by atoms with Gasteiger partial charge in [0.05, 0.1) is 16.5 Å². The van der Waals surface area contributed by atoms with Crippen LogP contribution in [0.1, 0.15) is 18.4 Å². The Hall–Kier alpha value is -1.77. The minimum Gasteiger partial charge on any atom is -0.313 e. The molecular weight excluding hydrogens is 370 g/mol. The van der Waals surface area contributed by atoms with Crippen molar-refractivity contribution in [3.63, 3.8) is 0 Å². The third-order valence-corrected chi connectivity index (χ3v) is 6.97. The molecule has 1 amide bonds. The van der Waals surface area contributed by atoms with E-state index in [2.05, 4.69) is 17.6 Å². The molecule has 0 unspecified atom stereocenters. The molecule has 1 aliphatic rings. The van der Waals surface area contributed by atoms with Crippen LogP contribution in [-0.4, -0.2) is 42.5 Å². The lowest BCUT2D eigenvalue weighted by Crippen LogP contribution is -2.39. The molecule has 3 rings (SSSR count). The van der Waals surface area contributed by atoms with E-state index in [1.807, 2.05) is 23.6 Å². The minimum absolute atomic E-state index is 0.167. The fourth-order valence-corrected chi connectivity index (χ4v) is 5.21. The first-order valence-electron chi connectivity index (χ1n) is 8.54. The van der Waals surface area contributed by atoms with Gasteiger partial charge in [-0.15, -0.1) is 6.58 Å². The fourth-order valence-electron chi connectivity index (χ4n) is 3.19. The van der Waals surface area contributed by atoms with Gasteiger partial charge in [-0.3, -0.25) is 4.79 Å². The molecule has 1 aromatic heterocycles. The highest BCUT2D eigenvalue weighted by molar-refractivity contribution is 7.88. The van der Waals surface area contributed by atoms with E-state index in [9.17, 15) is 13.2 Å². The predicted octanol–water partition coefficient (Wildman–Crippen LogP) is 2.30. The maximum Gasteiger partial charge on any atom is 0.251 e. The van der Waals surface area contributed by atoms with Crippen LogP contribution in [0.5, 0.6) is 0 Å². The van der Waals surface area contributed by atoms with Crippen LogP contribution in [-0.2, 0) is 21.4 Å².